The van der Waals surface area contributed by atoms with E-state index in [0.29, 0.717) is 50.2 Å². The molecule has 1 radical (unpaired) electrons. The Balaban J connectivity index is 1.46. The van der Waals surface area contributed by atoms with Gasteiger partial charge in [0, 0.05) is 56.7 Å². The van der Waals surface area contributed by atoms with Gasteiger partial charge in [-0.05, 0) is 43.9 Å². The summed E-state index contributed by atoms with van der Waals surface area (Å²) in [6.45, 7) is 12.6. The Morgan fingerprint density at radius 2 is 1.91 bits per heavy atom. The van der Waals surface area contributed by atoms with Crippen molar-refractivity contribution in [2.45, 2.75) is 72.4 Å². The van der Waals surface area contributed by atoms with Crippen LogP contribution in [0.3, 0.4) is 0 Å². The van der Waals surface area contributed by atoms with E-state index in [4.69, 9.17) is 4.74 Å². The number of ether oxygens (including phenoxy) is 1. The number of benzene rings is 1. The molecular weight excluding hydrogens is 551 g/mol. The van der Waals surface area contributed by atoms with Crippen LogP contribution in [0.2, 0.25) is 6.32 Å². The maximum Gasteiger partial charge on any atom is 0.222 e. The number of pyridine rings is 1. The van der Waals surface area contributed by atoms with E-state index in [1.807, 2.05) is 57.7 Å². The topological polar surface area (TPSA) is 84.9 Å². The van der Waals surface area contributed by atoms with Gasteiger partial charge in [-0.25, -0.2) is 18.4 Å². The number of amides is 1. The normalized spacial score (nSPS) is 16.2. The fourth-order valence-electron chi connectivity index (χ4n) is 5.23. The van der Waals surface area contributed by atoms with E-state index in [2.05, 4.69) is 10.1 Å². The van der Waals surface area contributed by atoms with Crippen LogP contribution in [-0.4, -0.2) is 73.8 Å². The number of aliphatic hydroxyl groups is 1. The average Bonchev–Trinajstić information content (AvgIpc) is 3.55. The van der Waals surface area contributed by atoms with Crippen LogP contribution < -0.4 is 5.46 Å². The highest BCUT2D eigenvalue weighted by molar-refractivity contribution is 6.53. The molecule has 0 aliphatic carbocycles. The van der Waals surface area contributed by atoms with Crippen molar-refractivity contribution in [1.29, 1.82) is 0 Å². The Morgan fingerprint density at radius 1 is 1.19 bits per heavy atom. The third-order valence-corrected chi connectivity index (χ3v) is 8.73. The summed E-state index contributed by atoms with van der Waals surface area (Å²) < 4.78 is 41.0. The molecule has 3 aromatic heterocycles. The first kappa shape index (κ1) is 30.9. The number of aromatic nitrogens is 4. The fraction of sp³-hybridized carbons (Fsp3) is 0.469. The molecule has 227 valence electrons. The molecule has 1 atom stereocenters. The molecule has 1 amide bonds. The summed E-state index contributed by atoms with van der Waals surface area (Å²) in [5.74, 6) is -1.46. The van der Waals surface area contributed by atoms with E-state index in [1.54, 1.807) is 31.1 Å². The van der Waals surface area contributed by atoms with Crippen LogP contribution in [0.25, 0.3) is 22.6 Å². The molecule has 8 nitrogen and oxygen atoms in total. The molecular formula is C32H39BF2N5O3. The number of morpholine rings is 1. The van der Waals surface area contributed by atoms with E-state index in [0.717, 1.165) is 11.0 Å². The number of hydrogen-bond donors (Lipinski definition) is 1. The minimum absolute atomic E-state index is 0.0512. The van der Waals surface area contributed by atoms with Crippen molar-refractivity contribution in [3.63, 3.8) is 0 Å². The third kappa shape index (κ3) is 6.38. The maximum atomic E-state index is 15.9. The van der Waals surface area contributed by atoms with Gasteiger partial charge < -0.3 is 19.1 Å². The molecule has 5 rings (SSSR count). The van der Waals surface area contributed by atoms with E-state index in [-0.39, 0.29) is 34.4 Å². The van der Waals surface area contributed by atoms with Crippen LogP contribution in [0, 0.1) is 24.0 Å². The molecule has 1 fully saturated rings. The number of fused-ring (bicyclic) bond motifs is 1. The van der Waals surface area contributed by atoms with Crippen molar-refractivity contribution in [3.8, 4) is 16.9 Å². The number of aryl methyl sites for hydroxylation is 1. The summed E-state index contributed by atoms with van der Waals surface area (Å²) in [5.41, 5.74) is 1.90. The van der Waals surface area contributed by atoms with E-state index in [1.165, 1.54) is 16.8 Å². The Kier molecular flexibility index (Phi) is 8.51. The monoisotopic (exact) mass is 590 g/mol. The van der Waals surface area contributed by atoms with Gasteiger partial charge in [0.25, 0.3) is 0 Å². The maximum absolute atomic E-state index is 15.9. The Hall–Kier alpha value is -3.57. The van der Waals surface area contributed by atoms with Crippen LogP contribution in [-0.2, 0) is 16.0 Å². The minimum atomic E-state index is -0.882. The lowest BCUT2D eigenvalue weighted by molar-refractivity contribution is -0.138. The zero-order valence-electron chi connectivity index (χ0n) is 25.7. The zero-order valence-corrected chi connectivity index (χ0v) is 25.7. The predicted octanol–water partition coefficient (Wildman–Crippen LogP) is 4.50. The number of imidazole rings is 1. The number of carbonyl (C=O) groups is 1. The van der Waals surface area contributed by atoms with Gasteiger partial charge in [0.2, 0.25) is 5.91 Å². The molecule has 4 heterocycles. The SMILES string of the molecule is CCC(=O)N1CCOC(Cc2c(-c3c(F)cc(-n4cc([B]CC(C)(C)C(C)(C)O)cn4)cc3F)nc3cc(C)ccn23)C1. The van der Waals surface area contributed by atoms with Gasteiger partial charge in [0.15, 0.2) is 7.28 Å². The Labute approximate surface area is 251 Å². The van der Waals surface area contributed by atoms with Crippen LogP contribution in [0.15, 0.2) is 42.9 Å². The molecule has 0 bridgehead atoms. The summed E-state index contributed by atoms with van der Waals surface area (Å²) in [5, 5.41) is 14.8. The highest BCUT2D eigenvalue weighted by Gasteiger charge is 2.34. The first-order chi connectivity index (χ1) is 20.3. The highest BCUT2D eigenvalue weighted by atomic mass is 19.1. The summed E-state index contributed by atoms with van der Waals surface area (Å²) in [4.78, 5) is 18.8. The molecule has 1 saturated heterocycles. The van der Waals surface area contributed by atoms with E-state index in [9.17, 15) is 9.90 Å². The second kappa shape index (κ2) is 11.8. The first-order valence-electron chi connectivity index (χ1n) is 14.7. The van der Waals surface area contributed by atoms with Gasteiger partial charge in [0.1, 0.15) is 17.3 Å². The molecule has 43 heavy (non-hydrogen) atoms. The van der Waals surface area contributed by atoms with E-state index < -0.39 is 17.2 Å². The molecule has 1 N–H and O–H groups in total. The van der Waals surface area contributed by atoms with E-state index >= 15 is 8.78 Å². The van der Waals surface area contributed by atoms with Crippen LogP contribution >= 0.6 is 0 Å². The summed E-state index contributed by atoms with van der Waals surface area (Å²) >= 11 is 0. The van der Waals surface area contributed by atoms with Crippen molar-refractivity contribution in [2.24, 2.45) is 5.41 Å². The summed E-state index contributed by atoms with van der Waals surface area (Å²) in [6.07, 6.45) is 6.17. The minimum Gasteiger partial charge on any atom is -0.390 e. The lowest BCUT2D eigenvalue weighted by atomic mass is 9.56. The van der Waals surface area contributed by atoms with Gasteiger partial charge in [0.05, 0.1) is 41.0 Å². The Bertz CT molecular complexity index is 1620. The average molecular weight is 591 g/mol. The second-order valence-corrected chi connectivity index (χ2v) is 12.6. The van der Waals surface area contributed by atoms with Gasteiger partial charge in [-0.3, -0.25) is 4.79 Å². The lowest BCUT2D eigenvalue weighted by Gasteiger charge is -2.37. The molecule has 0 spiro atoms. The van der Waals surface area contributed by atoms with Crippen molar-refractivity contribution < 1.29 is 23.4 Å². The van der Waals surface area contributed by atoms with Gasteiger partial charge in [-0.2, -0.15) is 5.10 Å². The Morgan fingerprint density at radius 3 is 2.58 bits per heavy atom. The molecule has 11 heteroatoms. The van der Waals surface area contributed by atoms with Crippen molar-refractivity contribution in [3.05, 3.63) is 65.7 Å². The number of nitrogens with zero attached hydrogens (tertiary/aromatic N) is 5. The predicted molar refractivity (Wildman–Crippen MR) is 163 cm³/mol. The summed E-state index contributed by atoms with van der Waals surface area (Å²) in [7, 11) is 1.95. The fourth-order valence-corrected chi connectivity index (χ4v) is 5.23. The smallest absolute Gasteiger partial charge is 0.222 e. The molecule has 1 aliphatic rings. The molecule has 4 aromatic rings. The molecule has 1 unspecified atom stereocenters. The van der Waals surface area contributed by atoms with Crippen molar-refractivity contribution in [2.75, 3.05) is 19.7 Å². The molecule has 1 aromatic carbocycles. The summed E-state index contributed by atoms with van der Waals surface area (Å²) in [6, 6.07) is 6.30. The largest absolute Gasteiger partial charge is 0.390 e. The number of hydrogen-bond acceptors (Lipinski definition) is 5. The standard InChI is InChI=1S/C32H39BF2N5O3/c1-7-28(41)38-10-11-43-23(18-38)15-26-30(37-27-12-20(2)8-9-39(26)27)29-24(34)13-22(14-25(29)35)40-17-21(16-36-40)33-19-31(3,4)32(5,6)42/h8-9,12-14,16-17,23,42H,7,10-11,15,18-19H2,1-6H3. The number of rotatable bonds is 9. The van der Waals surface area contributed by atoms with Gasteiger partial charge in [-0.15, -0.1) is 0 Å². The van der Waals surface area contributed by atoms with Crippen LogP contribution in [0.5, 0.6) is 0 Å². The molecule has 0 saturated carbocycles. The highest BCUT2D eigenvalue weighted by Crippen LogP contribution is 2.34. The second-order valence-electron chi connectivity index (χ2n) is 12.6. The van der Waals surface area contributed by atoms with Crippen molar-refractivity contribution in [1.82, 2.24) is 24.1 Å². The first-order valence-corrected chi connectivity index (χ1v) is 14.7. The van der Waals surface area contributed by atoms with Crippen LogP contribution in [0.1, 0.15) is 52.3 Å². The van der Waals surface area contributed by atoms with Crippen molar-refractivity contribution >= 4 is 24.3 Å². The third-order valence-electron chi connectivity index (χ3n) is 8.73. The van der Waals surface area contributed by atoms with Crippen LogP contribution in [0.4, 0.5) is 8.78 Å². The zero-order chi connectivity index (χ0) is 31.1. The van der Waals surface area contributed by atoms with Gasteiger partial charge in [-0.1, -0.05) is 32.6 Å². The number of halogens is 2. The molecule has 1 aliphatic heterocycles. The lowest BCUT2D eigenvalue weighted by Crippen LogP contribution is -2.46. The quantitative estimate of drug-likeness (QED) is 0.291. The number of carbonyl (C=O) groups excluding carboxylic acids is 1. The van der Waals surface area contributed by atoms with Gasteiger partial charge >= 0.3 is 0 Å².